The third kappa shape index (κ3) is 3.97. The van der Waals surface area contributed by atoms with Crippen LogP contribution in [-0.2, 0) is 13.0 Å². The summed E-state index contributed by atoms with van der Waals surface area (Å²) in [5.41, 5.74) is 2.68. The number of rotatable bonds is 7. The Balaban J connectivity index is 1.73. The van der Waals surface area contributed by atoms with Crippen molar-refractivity contribution in [3.63, 3.8) is 0 Å². The maximum Gasteiger partial charge on any atom is 0.129 e. The molecule has 21 heavy (non-hydrogen) atoms. The van der Waals surface area contributed by atoms with E-state index in [1.165, 1.54) is 62.3 Å². The molecule has 1 aliphatic carbocycles. The Bertz CT molecular complexity index is 468. The molecule has 116 valence electrons. The van der Waals surface area contributed by atoms with Crippen LogP contribution in [0.1, 0.15) is 57.2 Å². The number of anilines is 1. The van der Waals surface area contributed by atoms with Crippen LogP contribution in [0.15, 0.2) is 12.1 Å². The van der Waals surface area contributed by atoms with E-state index in [0.29, 0.717) is 0 Å². The molecule has 0 radical (unpaired) electrons. The van der Waals surface area contributed by atoms with Gasteiger partial charge < -0.3 is 10.2 Å². The number of nitrogens with one attached hydrogen (secondary N) is 1. The largest absolute Gasteiger partial charge is 0.356 e. The number of nitrogens with zero attached hydrogens (tertiary/aromatic N) is 2. The van der Waals surface area contributed by atoms with Gasteiger partial charge in [-0.15, -0.1) is 0 Å². The zero-order valence-electron chi connectivity index (χ0n) is 13.6. The van der Waals surface area contributed by atoms with Crippen LogP contribution < -0.4 is 10.2 Å². The highest BCUT2D eigenvalue weighted by Crippen LogP contribution is 2.26. The Morgan fingerprint density at radius 3 is 2.76 bits per heavy atom. The monoisotopic (exact) mass is 287 g/mol. The number of pyridine rings is 1. The highest BCUT2D eigenvalue weighted by molar-refractivity contribution is 5.44. The Kier molecular flexibility index (Phi) is 4.79. The lowest BCUT2D eigenvalue weighted by molar-refractivity contribution is 0.568. The molecule has 2 aliphatic rings. The minimum absolute atomic E-state index is 0.771. The predicted octanol–water partition coefficient (Wildman–Crippen LogP) is 3.52. The van der Waals surface area contributed by atoms with Crippen LogP contribution >= 0.6 is 0 Å². The van der Waals surface area contributed by atoms with E-state index in [-0.39, 0.29) is 0 Å². The smallest absolute Gasteiger partial charge is 0.129 e. The van der Waals surface area contributed by atoms with E-state index < -0.39 is 0 Å². The summed E-state index contributed by atoms with van der Waals surface area (Å²) in [5, 5.41) is 3.63. The van der Waals surface area contributed by atoms with Gasteiger partial charge in [0.25, 0.3) is 0 Å². The zero-order chi connectivity index (χ0) is 14.7. The first-order chi connectivity index (χ1) is 10.3. The van der Waals surface area contributed by atoms with Crippen molar-refractivity contribution in [3.8, 4) is 0 Å². The van der Waals surface area contributed by atoms with E-state index in [1.807, 2.05) is 0 Å². The lowest BCUT2D eigenvalue weighted by atomic mass is 10.1. The average molecular weight is 287 g/mol. The molecule has 1 aromatic heterocycles. The van der Waals surface area contributed by atoms with E-state index in [0.717, 1.165) is 24.9 Å². The molecule has 1 saturated carbocycles. The lowest BCUT2D eigenvalue weighted by Crippen LogP contribution is -2.22. The minimum Gasteiger partial charge on any atom is -0.356 e. The van der Waals surface area contributed by atoms with Crippen molar-refractivity contribution in [1.29, 1.82) is 0 Å². The van der Waals surface area contributed by atoms with Crippen molar-refractivity contribution in [1.82, 2.24) is 10.3 Å². The summed E-state index contributed by atoms with van der Waals surface area (Å²) in [6.07, 6.45) is 7.58. The highest BCUT2D eigenvalue weighted by atomic mass is 15.2. The molecular formula is C18H29N3. The Morgan fingerprint density at radius 1 is 1.24 bits per heavy atom. The summed E-state index contributed by atoms with van der Waals surface area (Å²) in [7, 11) is 0. The van der Waals surface area contributed by atoms with Crippen LogP contribution in [0.4, 0.5) is 5.82 Å². The number of aryl methyl sites for hydroxylation is 1. The maximum absolute atomic E-state index is 4.91. The Hall–Kier alpha value is -1.09. The molecule has 3 heteroatoms. The first-order valence-corrected chi connectivity index (χ1v) is 8.76. The van der Waals surface area contributed by atoms with Crippen molar-refractivity contribution in [2.75, 3.05) is 18.0 Å². The maximum atomic E-state index is 4.91. The van der Waals surface area contributed by atoms with Gasteiger partial charge in [0.2, 0.25) is 0 Å². The fraction of sp³-hybridized carbons (Fsp3) is 0.722. The summed E-state index contributed by atoms with van der Waals surface area (Å²) in [6, 6.07) is 5.38. The summed E-state index contributed by atoms with van der Waals surface area (Å²) >= 11 is 0. The molecule has 1 N–H and O–H groups in total. The molecule has 1 atom stereocenters. The van der Waals surface area contributed by atoms with Crippen LogP contribution in [-0.4, -0.2) is 24.1 Å². The van der Waals surface area contributed by atoms with Gasteiger partial charge in [0.05, 0.1) is 0 Å². The van der Waals surface area contributed by atoms with Crippen molar-refractivity contribution < 1.29 is 0 Å². The van der Waals surface area contributed by atoms with Gasteiger partial charge in [0.1, 0.15) is 5.82 Å². The zero-order valence-corrected chi connectivity index (χ0v) is 13.6. The summed E-state index contributed by atoms with van der Waals surface area (Å²) in [4.78, 5) is 7.41. The van der Waals surface area contributed by atoms with Crippen molar-refractivity contribution >= 4 is 5.82 Å². The standard InChI is InChI=1S/C18H29N3/c1-3-5-17-10-15(12-19-16-6-7-16)11-18(20-17)21-9-8-14(4-2)13-21/h10-11,14,16,19H,3-9,12-13H2,1-2H3. The van der Waals surface area contributed by atoms with Crippen molar-refractivity contribution in [2.45, 2.75) is 65.0 Å². The topological polar surface area (TPSA) is 28.2 Å². The van der Waals surface area contributed by atoms with E-state index in [9.17, 15) is 0 Å². The fourth-order valence-electron chi connectivity index (χ4n) is 3.21. The van der Waals surface area contributed by atoms with E-state index in [4.69, 9.17) is 4.98 Å². The molecule has 1 aromatic rings. The molecule has 3 nitrogen and oxygen atoms in total. The Morgan fingerprint density at radius 2 is 2.10 bits per heavy atom. The second-order valence-corrected chi connectivity index (χ2v) is 6.74. The molecule has 0 spiro atoms. The van der Waals surface area contributed by atoms with Crippen LogP contribution in [0.25, 0.3) is 0 Å². The van der Waals surface area contributed by atoms with Gasteiger partial charge in [-0.25, -0.2) is 4.98 Å². The van der Waals surface area contributed by atoms with Gasteiger partial charge in [0, 0.05) is 31.4 Å². The summed E-state index contributed by atoms with van der Waals surface area (Å²) < 4.78 is 0. The Labute approximate surface area is 129 Å². The van der Waals surface area contributed by atoms with Crippen LogP contribution in [0.3, 0.4) is 0 Å². The number of hydrogen-bond donors (Lipinski definition) is 1. The molecule has 3 rings (SSSR count). The number of hydrogen-bond acceptors (Lipinski definition) is 3. The molecule has 2 heterocycles. The summed E-state index contributed by atoms with van der Waals surface area (Å²) in [5.74, 6) is 2.07. The first kappa shape index (κ1) is 14.8. The first-order valence-electron chi connectivity index (χ1n) is 8.76. The van der Waals surface area contributed by atoms with Crippen LogP contribution in [0.2, 0.25) is 0 Å². The van der Waals surface area contributed by atoms with E-state index in [1.54, 1.807) is 0 Å². The second kappa shape index (κ2) is 6.78. The van der Waals surface area contributed by atoms with Gasteiger partial charge in [-0.05, 0) is 49.3 Å². The lowest BCUT2D eigenvalue weighted by Gasteiger charge is -2.19. The second-order valence-electron chi connectivity index (χ2n) is 6.74. The van der Waals surface area contributed by atoms with Gasteiger partial charge >= 0.3 is 0 Å². The molecule has 0 bridgehead atoms. The predicted molar refractivity (Wildman–Crippen MR) is 88.7 cm³/mol. The SMILES string of the molecule is CCCc1cc(CNC2CC2)cc(N2CCC(CC)C2)n1. The van der Waals surface area contributed by atoms with Crippen molar-refractivity contribution in [2.24, 2.45) is 5.92 Å². The quantitative estimate of drug-likeness (QED) is 0.831. The molecule has 1 unspecified atom stereocenters. The normalized spacial score (nSPS) is 22.0. The van der Waals surface area contributed by atoms with Gasteiger partial charge in [0.15, 0.2) is 0 Å². The third-order valence-electron chi connectivity index (χ3n) is 4.79. The van der Waals surface area contributed by atoms with Gasteiger partial charge in [-0.2, -0.15) is 0 Å². The number of aromatic nitrogens is 1. The van der Waals surface area contributed by atoms with E-state index in [2.05, 4.69) is 36.2 Å². The molecule has 0 aromatic carbocycles. The van der Waals surface area contributed by atoms with Gasteiger partial charge in [-0.3, -0.25) is 0 Å². The van der Waals surface area contributed by atoms with E-state index >= 15 is 0 Å². The molecule has 0 amide bonds. The van der Waals surface area contributed by atoms with Crippen LogP contribution in [0, 0.1) is 5.92 Å². The molecule has 1 aliphatic heterocycles. The third-order valence-corrected chi connectivity index (χ3v) is 4.79. The molecular weight excluding hydrogens is 258 g/mol. The summed E-state index contributed by atoms with van der Waals surface area (Å²) in [6.45, 7) is 7.91. The van der Waals surface area contributed by atoms with Gasteiger partial charge in [-0.1, -0.05) is 26.7 Å². The minimum atomic E-state index is 0.771. The van der Waals surface area contributed by atoms with Crippen molar-refractivity contribution in [3.05, 3.63) is 23.4 Å². The average Bonchev–Trinajstić information content (AvgIpc) is 3.20. The molecule has 1 saturated heterocycles. The fourth-order valence-corrected chi connectivity index (χ4v) is 3.21. The highest BCUT2D eigenvalue weighted by Gasteiger charge is 2.23. The molecule has 2 fully saturated rings. The van der Waals surface area contributed by atoms with Crippen LogP contribution in [0.5, 0.6) is 0 Å².